The highest BCUT2D eigenvalue weighted by atomic mass is 35.5. The fourth-order valence-electron chi connectivity index (χ4n) is 0.167. The molecule has 0 radical (unpaired) electrons. The lowest BCUT2D eigenvalue weighted by Gasteiger charge is -1.98. The van der Waals surface area contributed by atoms with Gasteiger partial charge in [0.1, 0.15) is 0 Å². The molecule has 0 aromatic carbocycles. The summed E-state index contributed by atoms with van der Waals surface area (Å²) in [6, 6.07) is 0. The highest BCUT2D eigenvalue weighted by molar-refractivity contribution is 5.85. The smallest absolute Gasteiger partial charge is 0.00516 e. The maximum Gasteiger partial charge on any atom is -0.00516 e. The number of nitrogens with two attached hydrogens (primary N) is 1. The van der Waals surface area contributed by atoms with Gasteiger partial charge in [-0.3, -0.25) is 0 Å². The second-order valence-electron chi connectivity index (χ2n) is 1.75. The van der Waals surface area contributed by atoms with E-state index in [4.69, 9.17) is 5.73 Å². The molecular weight excluding hydrogens is 110 g/mol. The lowest BCUT2D eigenvalue weighted by Crippen LogP contribution is -2.08. The zero-order chi connectivity index (χ0) is 4.99. The molecule has 0 bridgehead atoms. The number of halogens is 1. The molecule has 0 aromatic rings. The lowest BCUT2D eigenvalue weighted by atomic mass is 10.1. The second-order valence-corrected chi connectivity index (χ2v) is 1.75. The fourth-order valence-corrected chi connectivity index (χ4v) is 0.167. The molecule has 7 heavy (non-hydrogen) atoms. The van der Waals surface area contributed by atoms with Crippen molar-refractivity contribution < 1.29 is 0 Å². The van der Waals surface area contributed by atoms with Crippen LogP contribution in [0.4, 0.5) is 0 Å². The average molecular weight is 124 g/mol. The Kier molecular flexibility index (Phi) is 9.17. The van der Waals surface area contributed by atoms with Crippen LogP contribution >= 0.6 is 12.4 Å². The first-order valence-corrected chi connectivity index (χ1v) is 2.51. The standard InChI is InChI=1S/C5H13N.ClH/c1-3-5(2)4-6;/h5H,3-4,6H2,1-2H3;1H/t5-;/m1./s1. The Morgan fingerprint density at radius 1 is 1.57 bits per heavy atom. The number of hydrogen-bond acceptors (Lipinski definition) is 1. The molecule has 0 saturated carbocycles. The van der Waals surface area contributed by atoms with E-state index in [9.17, 15) is 0 Å². The van der Waals surface area contributed by atoms with E-state index < -0.39 is 0 Å². The van der Waals surface area contributed by atoms with E-state index in [1.54, 1.807) is 0 Å². The van der Waals surface area contributed by atoms with Crippen LogP contribution in [0.5, 0.6) is 0 Å². The van der Waals surface area contributed by atoms with E-state index in [1.165, 1.54) is 6.42 Å². The molecule has 0 aliphatic carbocycles. The third-order valence-corrected chi connectivity index (χ3v) is 1.10. The third kappa shape index (κ3) is 6.25. The third-order valence-electron chi connectivity index (χ3n) is 1.10. The van der Waals surface area contributed by atoms with Crippen LogP contribution in [-0.4, -0.2) is 6.54 Å². The molecule has 0 aliphatic heterocycles. The quantitative estimate of drug-likeness (QED) is 0.591. The normalized spacial score (nSPS) is 12.4. The summed E-state index contributed by atoms with van der Waals surface area (Å²) in [4.78, 5) is 0. The van der Waals surface area contributed by atoms with Crippen molar-refractivity contribution in [3.05, 3.63) is 0 Å². The van der Waals surface area contributed by atoms with Gasteiger partial charge in [0.15, 0.2) is 0 Å². The van der Waals surface area contributed by atoms with Gasteiger partial charge in [0.25, 0.3) is 0 Å². The van der Waals surface area contributed by atoms with Gasteiger partial charge in [0, 0.05) is 0 Å². The Hall–Kier alpha value is 0.250. The molecule has 0 amide bonds. The van der Waals surface area contributed by atoms with E-state index in [2.05, 4.69) is 13.8 Å². The van der Waals surface area contributed by atoms with Crippen molar-refractivity contribution in [3.63, 3.8) is 0 Å². The van der Waals surface area contributed by atoms with Crippen molar-refractivity contribution in [2.75, 3.05) is 6.54 Å². The molecule has 0 aliphatic rings. The zero-order valence-corrected chi connectivity index (χ0v) is 5.79. The predicted octanol–water partition coefficient (Wildman–Crippen LogP) is 1.41. The molecule has 0 rings (SSSR count). The Morgan fingerprint density at radius 3 is 2.00 bits per heavy atom. The van der Waals surface area contributed by atoms with Gasteiger partial charge in [0.2, 0.25) is 0 Å². The molecule has 0 aromatic heterocycles. The van der Waals surface area contributed by atoms with Gasteiger partial charge >= 0.3 is 0 Å². The van der Waals surface area contributed by atoms with Crippen molar-refractivity contribution >= 4 is 12.4 Å². The lowest BCUT2D eigenvalue weighted by molar-refractivity contribution is 0.576. The molecule has 1 nitrogen and oxygen atoms in total. The van der Waals surface area contributed by atoms with Gasteiger partial charge in [-0.15, -0.1) is 12.4 Å². The summed E-state index contributed by atoms with van der Waals surface area (Å²) in [7, 11) is 0. The van der Waals surface area contributed by atoms with Gasteiger partial charge in [-0.1, -0.05) is 20.3 Å². The van der Waals surface area contributed by atoms with Crippen LogP contribution in [0.1, 0.15) is 20.3 Å². The van der Waals surface area contributed by atoms with Gasteiger partial charge in [-0.2, -0.15) is 0 Å². The molecule has 46 valence electrons. The number of hydrogen-bond donors (Lipinski definition) is 1. The first-order chi connectivity index (χ1) is 2.81. The van der Waals surface area contributed by atoms with Crippen molar-refractivity contribution in [2.24, 2.45) is 11.7 Å². The van der Waals surface area contributed by atoms with Gasteiger partial charge < -0.3 is 5.73 Å². The minimum absolute atomic E-state index is 0. The van der Waals surface area contributed by atoms with E-state index >= 15 is 0 Å². The number of rotatable bonds is 2. The largest absolute Gasteiger partial charge is 0.330 e. The maximum absolute atomic E-state index is 5.28. The van der Waals surface area contributed by atoms with Crippen LogP contribution in [-0.2, 0) is 0 Å². The molecule has 2 N–H and O–H groups in total. The molecule has 1 atom stereocenters. The van der Waals surface area contributed by atoms with E-state index in [0.29, 0.717) is 5.92 Å². The molecule has 0 unspecified atom stereocenters. The Balaban J connectivity index is 0. The maximum atomic E-state index is 5.28. The summed E-state index contributed by atoms with van der Waals surface area (Å²) in [5, 5.41) is 0. The average Bonchev–Trinajstić information content (AvgIpc) is 1.65. The van der Waals surface area contributed by atoms with Gasteiger partial charge in [0.05, 0.1) is 0 Å². The molecule has 0 fully saturated rings. The minimum Gasteiger partial charge on any atom is -0.330 e. The van der Waals surface area contributed by atoms with Crippen LogP contribution in [0.25, 0.3) is 0 Å². The second kappa shape index (κ2) is 6.25. The van der Waals surface area contributed by atoms with Crippen LogP contribution in [0.15, 0.2) is 0 Å². The summed E-state index contributed by atoms with van der Waals surface area (Å²) in [5.74, 6) is 0.713. The summed E-state index contributed by atoms with van der Waals surface area (Å²) < 4.78 is 0. The molecule has 0 heterocycles. The molecule has 0 saturated heterocycles. The topological polar surface area (TPSA) is 26.0 Å². The van der Waals surface area contributed by atoms with Crippen LogP contribution in [0.3, 0.4) is 0 Å². The monoisotopic (exact) mass is 123 g/mol. The van der Waals surface area contributed by atoms with Gasteiger partial charge in [-0.05, 0) is 12.5 Å². The minimum atomic E-state index is 0. The Labute approximate surface area is 51.7 Å². The van der Waals surface area contributed by atoms with Crippen LogP contribution < -0.4 is 5.73 Å². The Morgan fingerprint density at radius 2 is 2.00 bits per heavy atom. The first kappa shape index (κ1) is 10.3. The predicted molar refractivity (Wildman–Crippen MR) is 35.8 cm³/mol. The van der Waals surface area contributed by atoms with E-state index in [-0.39, 0.29) is 12.4 Å². The summed E-state index contributed by atoms with van der Waals surface area (Å²) in [6.07, 6.45) is 1.20. The van der Waals surface area contributed by atoms with Crippen molar-refractivity contribution in [3.8, 4) is 0 Å². The fraction of sp³-hybridized carbons (Fsp3) is 1.00. The summed E-state index contributed by atoms with van der Waals surface area (Å²) in [6.45, 7) is 5.13. The first-order valence-electron chi connectivity index (χ1n) is 2.51. The van der Waals surface area contributed by atoms with Crippen molar-refractivity contribution in [1.29, 1.82) is 0 Å². The van der Waals surface area contributed by atoms with Crippen LogP contribution in [0, 0.1) is 5.92 Å². The van der Waals surface area contributed by atoms with E-state index in [0.717, 1.165) is 6.54 Å². The summed E-state index contributed by atoms with van der Waals surface area (Å²) >= 11 is 0. The van der Waals surface area contributed by atoms with Crippen molar-refractivity contribution in [1.82, 2.24) is 0 Å². The summed E-state index contributed by atoms with van der Waals surface area (Å²) in [5.41, 5.74) is 5.28. The Bertz CT molecular complexity index is 27.3. The highest BCUT2D eigenvalue weighted by Gasteiger charge is 1.88. The van der Waals surface area contributed by atoms with Crippen LogP contribution in [0.2, 0.25) is 0 Å². The SMILES string of the molecule is CC[C@@H](C)CN.Cl. The molecule has 2 heteroatoms. The van der Waals surface area contributed by atoms with E-state index in [1.807, 2.05) is 0 Å². The zero-order valence-electron chi connectivity index (χ0n) is 4.98. The van der Waals surface area contributed by atoms with Crippen molar-refractivity contribution in [2.45, 2.75) is 20.3 Å². The highest BCUT2D eigenvalue weighted by Crippen LogP contribution is 1.93. The molecule has 0 spiro atoms. The van der Waals surface area contributed by atoms with Gasteiger partial charge in [-0.25, -0.2) is 0 Å². The molecular formula is C5H14ClN.